The van der Waals surface area contributed by atoms with Crippen molar-refractivity contribution < 1.29 is 9.53 Å². The van der Waals surface area contributed by atoms with E-state index in [0.717, 1.165) is 34.1 Å². The quantitative estimate of drug-likeness (QED) is 0.774. The molecule has 104 valence electrons. The van der Waals surface area contributed by atoms with Gasteiger partial charge in [-0.05, 0) is 47.4 Å². The van der Waals surface area contributed by atoms with Crippen molar-refractivity contribution in [2.75, 3.05) is 25.5 Å². The molecule has 1 aromatic carbocycles. The molecule has 1 atom stereocenters. The van der Waals surface area contributed by atoms with Gasteiger partial charge in [-0.2, -0.15) is 0 Å². The molecule has 1 aliphatic rings. The number of esters is 1. The Balaban J connectivity index is 2.19. The molecule has 0 spiro atoms. The van der Waals surface area contributed by atoms with Gasteiger partial charge in [-0.25, -0.2) is 4.79 Å². The van der Waals surface area contributed by atoms with Crippen molar-refractivity contribution in [2.45, 2.75) is 18.9 Å². The summed E-state index contributed by atoms with van der Waals surface area (Å²) in [5, 5.41) is 6.75. The molecule has 0 amide bonds. The van der Waals surface area contributed by atoms with Crippen LogP contribution in [0.25, 0.3) is 0 Å². The number of rotatable bonds is 4. The van der Waals surface area contributed by atoms with Crippen molar-refractivity contribution in [3.05, 3.63) is 26.6 Å². The average molecular weight is 392 g/mol. The van der Waals surface area contributed by atoms with Crippen molar-refractivity contribution in [1.82, 2.24) is 5.32 Å². The Hall–Kier alpha value is -0.590. The Bertz CT molecular complexity index is 474. The van der Waals surface area contributed by atoms with Gasteiger partial charge in [0.15, 0.2) is 0 Å². The highest BCUT2D eigenvalue weighted by atomic mass is 79.9. The molecule has 2 rings (SSSR count). The number of nitrogens with one attached hydrogen (secondary N) is 2. The maximum atomic E-state index is 11.8. The van der Waals surface area contributed by atoms with Crippen molar-refractivity contribution >= 4 is 43.5 Å². The minimum absolute atomic E-state index is 0.344. The summed E-state index contributed by atoms with van der Waals surface area (Å²) in [5.41, 5.74) is 1.31. The summed E-state index contributed by atoms with van der Waals surface area (Å²) in [7, 11) is 1.39. The molecule has 0 bridgehead atoms. The highest BCUT2D eigenvalue weighted by molar-refractivity contribution is 9.11. The SMILES string of the molecule is COC(=O)c1cc(Br)cc(Br)c1NCC1CCCN1. The highest BCUT2D eigenvalue weighted by Gasteiger charge is 2.18. The fourth-order valence-corrected chi connectivity index (χ4v) is 3.55. The van der Waals surface area contributed by atoms with E-state index in [-0.39, 0.29) is 5.97 Å². The molecule has 2 N–H and O–H groups in total. The zero-order chi connectivity index (χ0) is 13.8. The predicted octanol–water partition coefficient (Wildman–Crippen LogP) is 3.16. The fourth-order valence-electron chi connectivity index (χ4n) is 2.18. The van der Waals surface area contributed by atoms with Crippen LogP contribution < -0.4 is 10.6 Å². The summed E-state index contributed by atoms with van der Waals surface area (Å²) in [5.74, 6) is -0.344. The van der Waals surface area contributed by atoms with E-state index in [1.165, 1.54) is 13.5 Å². The Morgan fingerprint density at radius 3 is 2.95 bits per heavy atom. The Morgan fingerprint density at radius 1 is 1.53 bits per heavy atom. The molecule has 0 aromatic heterocycles. The number of anilines is 1. The van der Waals surface area contributed by atoms with Crippen LogP contribution in [-0.4, -0.2) is 32.2 Å². The van der Waals surface area contributed by atoms with Crippen molar-refractivity contribution in [2.24, 2.45) is 0 Å². The number of benzene rings is 1. The topological polar surface area (TPSA) is 50.4 Å². The number of halogens is 2. The number of methoxy groups -OCH3 is 1. The van der Waals surface area contributed by atoms with Crippen LogP contribution in [0.4, 0.5) is 5.69 Å². The monoisotopic (exact) mass is 390 g/mol. The maximum Gasteiger partial charge on any atom is 0.340 e. The lowest BCUT2D eigenvalue weighted by Crippen LogP contribution is -2.29. The molecule has 0 saturated carbocycles. The molecule has 1 aromatic rings. The van der Waals surface area contributed by atoms with E-state index in [4.69, 9.17) is 4.74 Å². The lowest BCUT2D eigenvalue weighted by molar-refractivity contribution is 0.0601. The molecule has 1 aliphatic heterocycles. The van der Waals surface area contributed by atoms with Crippen LogP contribution in [0.3, 0.4) is 0 Å². The average Bonchev–Trinajstić information content (AvgIpc) is 2.89. The van der Waals surface area contributed by atoms with Gasteiger partial charge in [-0.1, -0.05) is 15.9 Å². The second kappa shape index (κ2) is 6.72. The van der Waals surface area contributed by atoms with Crippen LogP contribution in [0.1, 0.15) is 23.2 Å². The molecule has 19 heavy (non-hydrogen) atoms. The first-order valence-corrected chi connectivity index (χ1v) is 7.75. The van der Waals surface area contributed by atoms with Crippen LogP contribution in [0.15, 0.2) is 21.1 Å². The van der Waals surface area contributed by atoms with Crippen LogP contribution in [0.2, 0.25) is 0 Å². The first-order valence-electron chi connectivity index (χ1n) is 6.16. The van der Waals surface area contributed by atoms with Crippen LogP contribution in [-0.2, 0) is 4.74 Å². The molecule has 0 radical (unpaired) electrons. The Labute approximate surface area is 129 Å². The molecule has 1 heterocycles. The van der Waals surface area contributed by atoms with E-state index in [0.29, 0.717) is 11.6 Å². The lowest BCUT2D eigenvalue weighted by atomic mass is 10.1. The maximum absolute atomic E-state index is 11.8. The van der Waals surface area contributed by atoms with E-state index < -0.39 is 0 Å². The number of carbonyl (C=O) groups is 1. The van der Waals surface area contributed by atoms with Crippen LogP contribution >= 0.6 is 31.9 Å². The summed E-state index contributed by atoms with van der Waals surface area (Å²) in [4.78, 5) is 11.8. The van der Waals surface area contributed by atoms with Crippen molar-refractivity contribution in [1.29, 1.82) is 0 Å². The number of hydrogen-bond donors (Lipinski definition) is 2. The largest absolute Gasteiger partial charge is 0.465 e. The van der Waals surface area contributed by atoms with Gasteiger partial charge in [0.25, 0.3) is 0 Å². The lowest BCUT2D eigenvalue weighted by Gasteiger charge is -2.16. The molecule has 6 heteroatoms. The van der Waals surface area contributed by atoms with Crippen molar-refractivity contribution in [3.8, 4) is 0 Å². The summed E-state index contributed by atoms with van der Waals surface area (Å²) in [6.45, 7) is 1.86. The minimum atomic E-state index is -0.344. The standard InChI is InChI=1S/C13H16Br2N2O2/c1-19-13(18)10-5-8(14)6-11(15)12(10)17-7-9-3-2-4-16-9/h5-6,9,16-17H,2-4,7H2,1H3. The smallest absolute Gasteiger partial charge is 0.340 e. The summed E-state index contributed by atoms with van der Waals surface area (Å²) in [6.07, 6.45) is 2.37. The number of ether oxygens (including phenoxy) is 1. The third kappa shape index (κ3) is 3.70. The minimum Gasteiger partial charge on any atom is -0.465 e. The van der Waals surface area contributed by atoms with Gasteiger partial charge in [0.2, 0.25) is 0 Å². The zero-order valence-electron chi connectivity index (χ0n) is 10.6. The van der Waals surface area contributed by atoms with Gasteiger partial charge in [0, 0.05) is 21.5 Å². The fraction of sp³-hybridized carbons (Fsp3) is 0.462. The number of carbonyl (C=O) groups excluding carboxylic acids is 1. The molecule has 1 unspecified atom stereocenters. The molecular formula is C13H16Br2N2O2. The zero-order valence-corrected chi connectivity index (χ0v) is 13.8. The summed E-state index contributed by atoms with van der Waals surface area (Å²) < 4.78 is 6.51. The third-order valence-corrected chi connectivity index (χ3v) is 4.23. The highest BCUT2D eigenvalue weighted by Crippen LogP contribution is 2.31. The van der Waals surface area contributed by atoms with Gasteiger partial charge in [0.05, 0.1) is 18.4 Å². The third-order valence-electron chi connectivity index (χ3n) is 3.15. The van der Waals surface area contributed by atoms with E-state index in [2.05, 4.69) is 42.5 Å². The van der Waals surface area contributed by atoms with Crippen LogP contribution in [0.5, 0.6) is 0 Å². The first-order chi connectivity index (χ1) is 9.11. The normalized spacial score (nSPS) is 18.4. The Morgan fingerprint density at radius 2 is 2.32 bits per heavy atom. The van der Waals surface area contributed by atoms with E-state index in [1.807, 2.05) is 6.07 Å². The Kier molecular flexibility index (Phi) is 5.24. The van der Waals surface area contributed by atoms with Gasteiger partial charge < -0.3 is 15.4 Å². The van der Waals surface area contributed by atoms with E-state index in [9.17, 15) is 4.79 Å². The molecule has 0 aliphatic carbocycles. The van der Waals surface area contributed by atoms with Gasteiger partial charge in [0.1, 0.15) is 0 Å². The summed E-state index contributed by atoms with van der Waals surface area (Å²) in [6, 6.07) is 4.14. The second-order valence-electron chi connectivity index (χ2n) is 4.48. The van der Waals surface area contributed by atoms with E-state index >= 15 is 0 Å². The van der Waals surface area contributed by atoms with Gasteiger partial charge >= 0.3 is 5.97 Å². The predicted molar refractivity (Wildman–Crippen MR) is 82.7 cm³/mol. The van der Waals surface area contributed by atoms with Gasteiger partial charge in [-0.15, -0.1) is 0 Å². The molecule has 1 saturated heterocycles. The molecule has 4 nitrogen and oxygen atoms in total. The summed E-state index contributed by atoms with van der Waals surface area (Å²) >= 11 is 6.87. The first kappa shape index (κ1) is 14.8. The molecular weight excluding hydrogens is 376 g/mol. The van der Waals surface area contributed by atoms with Crippen LogP contribution in [0, 0.1) is 0 Å². The van der Waals surface area contributed by atoms with Crippen molar-refractivity contribution in [3.63, 3.8) is 0 Å². The molecule has 1 fully saturated rings. The van der Waals surface area contributed by atoms with E-state index in [1.54, 1.807) is 6.07 Å². The van der Waals surface area contributed by atoms with Gasteiger partial charge in [-0.3, -0.25) is 0 Å². The second-order valence-corrected chi connectivity index (χ2v) is 6.25. The number of hydrogen-bond acceptors (Lipinski definition) is 4.